The van der Waals surface area contributed by atoms with Gasteiger partial charge in [0.05, 0.1) is 5.41 Å². The van der Waals surface area contributed by atoms with Crippen molar-refractivity contribution in [3.63, 3.8) is 0 Å². The van der Waals surface area contributed by atoms with Crippen LogP contribution in [0.25, 0.3) is 0 Å². The van der Waals surface area contributed by atoms with Crippen LogP contribution >= 0.6 is 0 Å². The van der Waals surface area contributed by atoms with E-state index < -0.39 is 11.4 Å². The second-order valence-corrected chi connectivity index (χ2v) is 4.92. The molecule has 3 heteroatoms. The van der Waals surface area contributed by atoms with Gasteiger partial charge in [0.2, 0.25) is 0 Å². The number of hydrogen-bond donors (Lipinski definition) is 2. The Balaban J connectivity index is 2.71. The molecule has 0 heterocycles. The maximum Gasteiger partial charge on any atom is 0.310 e. The SMILES string of the molecule is Cc1cc(C)cc(NCC(C)(C)C(=O)O)c1. The zero-order valence-electron chi connectivity index (χ0n) is 10.3. The minimum atomic E-state index is -0.788. The predicted molar refractivity (Wildman–Crippen MR) is 65.8 cm³/mol. The van der Waals surface area contributed by atoms with E-state index in [9.17, 15) is 4.79 Å². The van der Waals surface area contributed by atoms with E-state index in [2.05, 4.69) is 11.4 Å². The topological polar surface area (TPSA) is 49.3 Å². The quantitative estimate of drug-likeness (QED) is 0.822. The van der Waals surface area contributed by atoms with Crippen LogP contribution in [0.4, 0.5) is 5.69 Å². The first-order valence-corrected chi connectivity index (χ1v) is 5.37. The van der Waals surface area contributed by atoms with Gasteiger partial charge in [-0.25, -0.2) is 0 Å². The number of aryl methyl sites for hydroxylation is 2. The summed E-state index contributed by atoms with van der Waals surface area (Å²) in [5, 5.41) is 12.2. The summed E-state index contributed by atoms with van der Waals surface area (Å²) in [5.74, 6) is -0.788. The zero-order chi connectivity index (χ0) is 12.3. The first-order valence-electron chi connectivity index (χ1n) is 5.37. The second-order valence-electron chi connectivity index (χ2n) is 4.92. The van der Waals surface area contributed by atoms with E-state index in [1.54, 1.807) is 13.8 Å². The average molecular weight is 221 g/mol. The lowest BCUT2D eigenvalue weighted by atomic mass is 9.94. The number of carbonyl (C=O) groups is 1. The van der Waals surface area contributed by atoms with Crippen LogP contribution in [-0.4, -0.2) is 17.6 Å². The first-order chi connectivity index (χ1) is 7.31. The number of nitrogens with one attached hydrogen (secondary N) is 1. The van der Waals surface area contributed by atoms with Crippen LogP contribution in [0.5, 0.6) is 0 Å². The van der Waals surface area contributed by atoms with E-state index in [4.69, 9.17) is 5.11 Å². The van der Waals surface area contributed by atoms with Crippen molar-refractivity contribution in [2.75, 3.05) is 11.9 Å². The van der Waals surface area contributed by atoms with Gasteiger partial charge >= 0.3 is 5.97 Å². The lowest BCUT2D eigenvalue weighted by Gasteiger charge is -2.20. The van der Waals surface area contributed by atoms with Gasteiger partial charge in [0.1, 0.15) is 0 Å². The zero-order valence-corrected chi connectivity index (χ0v) is 10.3. The largest absolute Gasteiger partial charge is 0.481 e. The molecule has 0 aliphatic carbocycles. The van der Waals surface area contributed by atoms with Crippen molar-refractivity contribution in [3.8, 4) is 0 Å². The summed E-state index contributed by atoms with van der Waals surface area (Å²) < 4.78 is 0. The van der Waals surface area contributed by atoms with E-state index in [-0.39, 0.29) is 0 Å². The number of carboxylic acids is 1. The molecule has 1 aromatic rings. The molecule has 2 N–H and O–H groups in total. The first kappa shape index (κ1) is 12.6. The second kappa shape index (κ2) is 4.56. The maximum atomic E-state index is 10.9. The van der Waals surface area contributed by atoms with Crippen molar-refractivity contribution >= 4 is 11.7 Å². The fourth-order valence-electron chi connectivity index (χ4n) is 1.48. The van der Waals surface area contributed by atoms with Gasteiger partial charge in [-0.05, 0) is 51.0 Å². The molecule has 1 aromatic carbocycles. The molecule has 88 valence electrons. The molecule has 0 saturated carbocycles. The standard InChI is InChI=1S/C13H19NO2/c1-9-5-10(2)7-11(6-9)14-8-13(3,4)12(15)16/h5-7,14H,8H2,1-4H3,(H,15,16). The summed E-state index contributed by atoms with van der Waals surface area (Å²) in [5.41, 5.74) is 2.58. The molecule has 0 atom stereocenters. The van der Waals surface area contributed by atoms with Crippen LogP contribution in [0.3, 0.4) is 0 Å². The number of hydrogen-bond acceptors (Lipinski definition) is 2. The number of rotatable bonds is 4. The van der Waals surface area contributed by atoms with Gasteiger partial charge in [0.25, 0.3) is 0 Å². The molecule has 0 spiro atoms. The third-order valence-corrected chi connectivity index (χ3v) is 2.54. The van der Waals surface area contributed by atoms with Crippen LogP contribution in [0, 0.1) is 19.3 Å². The molecule has 0 radical (unpaired) electrons. The van der Waals surface area contributed by atoms with Gasteiger partial charge in [-0.15, -0.1) is 0 Å². The fraction of sp³-hybridized carbons (Fsp3) is 0.462. The molecule has 0 aliphatic heterocycles. The molecule has 0 bridgehead atoms. The summed E-state index contributed by atoms with van der Waals surface area (Å²) in [4.78, 5) is 10.9. The van der Waals surface area contributed by atoms with Crippen molar-refractivity contribution in [1.82, 2.24) is 0 Å². The van der Waals surface area contributed by atoms with Gasteiger partial charge in [0, 0.05) is 12.2 Å². The Hall–Kier alpha value is -1.51. The molecule has 0 unspecified atom stereocenters. The van der Waals surface area contributed by atoms with E-state index in [1.807, 2.05) is 26.0 Å². The molecule has 1 rings (SSSR count). The molecule has 0 saturated heterocycles. The third-order valence-electron chi connectivity index (χ3n) is 2.54. The van der Waals surface area contributed by atoms with E-state index in [1.165, 1.54) is 11.1 Å². The highest BCUT2D eigenvalue weighted by atomic mass is 16.4. The Labute approximate surface area is 96.5 Å². The molecule has 0 amide bonds. The van der Waals surface area contributed by atoms with Gasteiger partial charge in [-0.1, -0.05) is 6.07 Å². The predicted octanol–water partition coefficient (Wildman–Crippen LogP) is 2.83. The summed E-state index contributed by atoms with van der Waals surface area (Å²) >= 11 is 0. The van der Waals surface area contributed by atoms with Crippen LogP contribution in [0.2, 0.25) is 0 Å². The fourth-order valence-corrected chi connectivity index (χ4v) is 1.48. The van der Waals surface area contributed by atoms with Gasteiger partial charge in [0.15, 0.2) is 0 Å². The van der Waals surface area contributed by atoms with Crippen molar-refractivity contribution in [1.29, 1.82) is 0 Å². The minimum absolute atomic E-state index is 0.422. The van der Waals surface area contributed by atoms with Crippen LogP contribution in [0.1, 0.15) is 25.0 Å². The Morgan fingerprint density at radius 2 is 1.75 bits per heavy atom. The van der Waals surface area contributed by atoms with E-state index in [0.29, 0.717) is 6.54 Å². The Morgan fingerprint density at radius 3 is 2.19 bits per heavy atom. The van der Waals surface area contributed by atoms with Crippen molar-refractivity contribution in [2.24, 2.45) is 5.41 Å². The number of benzene rings is 1. The normalized spacial score (nSPS) is 11.2. The Morgan fingerprint density at radius 1 is 1.25 bits per heavy atom. The van der Waals surface area contributed by atoms with Crippen molar-refractivity contribution in [3.05, 3.63) is 29.3 Å². The summed E-state index contributed by atoms with van der Waals surface area (Å²) in [6.45, 7) is 7.90. The lowest BCUT2D eigenvalue weighted by molar-refractivity contribution is -0.146. The number of aliphatic carboxylic acids is 1. The van der Waals surface area contributed by atoms with Gasteiger partial charge < -0.3 is 10.4 Å². The number of carboxylic acid groups (broad SMARTS) is 1. The monoisotopic (exact) mass is 221 g/mol. The van der Waals surface area contributed by atoms with Crippen molar-refractivity contribution in [2.45, 2.75) is 27.7 Å². The third kappa shape index (κ3) is 3.26. The highest BCUT2D eigenvalue weighted by Gasteiger charge is 2.26. The van der Waals surface area contributed by atoms with E-state index >= 15 is 0 Å². The summed E-state index contributed by atoms with van der Waals surface area (Å²) in [7, 11) is 0. The van der Waals surface area contributed by atoms with Crippen LogP contribution < -0.4 is 5.32 Å². The average Bonchev–Trinajstić information content (AvgIpc) is 2.13. The Kier molecular flexibility index (Phi) is 3.58. The molecule has 3 nitrogen and oxygen atoms in total. The van der Waals surface area contributed by atoms with Crippen LogP contribution in [-0.2, 0) is 4.79 Å². The molecule has 0 aliphatic rings. The highest BCUT2D eigenvalue weighted by molar-refractivity contribution is 5.74. The minimum Gasteiger partial charge on any atom is -0.481 e. The van der Waals surface area contributed by atoms with Gasteiger partial charge in [-0.3, -0.25) is 4.79 Å². The molecule has 0 fully saturated rings. The van der Waals surface area contributed by atoms with Crippen LogP contribution in [0.15, 0.2) is 18.2 Å². The molecule has 16 heavy (non-hydrogen) atoms. The smallest absolute Gasteiger partial charge is 0.310 e. The molecular formula is C13H19NO2. The van der Waals surface area contributed by atoms with Crippen molar-refractivity contribution < 1.29 is 9.90 Å². The lowest BCUT2D eigenvalue weighted by Crippen LogP contribution is -2.31. The molecule has 0 aromatic heterocycles. The van der Waals surface area contributed by atoms with Gasteiger partial charge in [-0.2, -0.15) is 0 Å². The highest BCUT2D eigenvalue weighted by Crippen LogP contribution is 2.19. The number of anilines is 1. The molecular weight excluding hydrogens is 202 g/mol. The van der Waals surface area contributed by atoms with E-state index in [0.717, 1.165) is 5.69 Å². The summed E-state index contributed by atoms with van der Waals surface area (Å²) in [6, 6.07) is 6.13. The Bertz CT molecular complexity index is 377. The summed E-state index contributed by atoms with van der Waals surface area (Å²) in [6.07, 6.45) is 0. The maximum absolute atomic E-state index is 10.9.